The van der Waals surface area contributed by atoms with Crippen molar-refractivity contribution >= 4 is 90.9 Å². The van der Waals surface area contributed by atoms with Gasteiger partial charge in [-0.3, -0.25) is 0 Å². The van der Waals surface area contributed by atoms with Gasteiger partial charge in [0, 0.05) is 39.0 Å². The number of unbranched alkanes of at least 4 members (excludes halogenated alkanes) is 12. The van der Waals surface area contributed by atoms with E-state index in [4.69, 9.17) is 27.0 Å². The van der Waals surface area contributed by atoms with Crippen LogP contribution in [0.1, 0.15) is 177 Å². The van der Waals surface area contributed by atoms with E-state index in [9.17, 15) is 0 Å². The largest absolute Gasteiger partial charge is 0.489 e. The fourth-order valence-electron chi connectivity index (χ4n) is 10.4. The second-order valence-electron chi connectivity index (χ2n) is 20.6. The first-order chi connectivity index (χ1) is 37.1. The summed E-state index contributed by atoms with van der Waals surface area (Å²) in [7, 11) is 0. The molecule has 14 heteroatoms. The van der Waals surface area contributed by atoms with E-state index >= 15 is 8.78 Å². The average Bonchev–Trinajstić information content (AvgIpc) is 4.34. The fraction of sp³-hybridized carbons (Fsp3) is 0.516. The molecule has 0 aliphatic carbocycles. The van der Waals surface area contributed by atoms with Crippen molar-refractivity contribution in [3.8, 4) is 63.0 Å². The lowest BCUT2D eigenvalue weighted by molar-refractivity contribution is 0.264. The van der Waals surface area contributed by atoms with E-state index in [1.807, 2.05) is 0 Å². The number of halogens is 2. The Bertz CT molecular complexity index is 3120. The summed E-state index contributed by atoms with van der Waals surface area (Å²) in [5, 5.41) is 0. The maximum absolute atomic E-state index is 17.4. The smallest absolute Gasteiger partial charge is 0.172 e. The third-order valence-corrected chi connectivity index (χ3v) is 20.5. The number of fused-ring (bicyclic) bond motifs is 2. The van der Waals surface area contributed by atoms with Crippen molar-refractivity contribution in [2.45, 2.75) is 183 Å². The molecule has 408 valence electrons. The first-order valence-electron chi connectivity index (χ1n) is 28.4. The van der Waals surface area contributed by atoms with Crippen LogP contribution in [0.25, 0.3) is 73.6 Å². The van der Waals surface area contributed by atoms with Crippen LogP contribution in [0, 0.1) is 37.3 Å². The predicted molar refractivity (Wildman–Crippen MR) is 328 cm³/mol. The fourth-order valence-corrected chi connectivity index (χ4v) is 15.9. The molecule has 2 aromatic carbocycles. The third-order valence-electron chi connectivity index (χ3n) is 14.9. The molecule has 8 aromatic rings. The van der Waals surface area contributed by atoms with Gasteiger partial charge in [-0.15, -0.1) is 51.9 Å². The SMILES string of the molecule is C=CC(CCCCCCCC)Cc1cc(-c2c(F)c(F)c(-c3cc(CC(CC)CCCCCCCC)c(C)s3)c3nsnc23)sc1-c1ccc(-c2c(OCCCC)c(OCCCC)c(-c3ccc(C)s3)c3nsnc23)s1. The van der Waals surface area contributed by atoms with Gasteiger partial charge < -0.3 is 9.47 Å². The summed E-state index contributed by atoms with van der Waals surface area (Å²) < 4.78 is 67.6. The number of rotatable bonds is 33. The zero-order chi connectivity index (χ0) is 53.6. The van der Waals surface area contributed by atoms with Gasteiger partial charge in [0.2, 0.25) is 0 Å². The van der Waals surface area contributed by atoms with Crippen molar-refractivity contribution in [1.82, 2.24) is 17.5 Å². The number of ether oxygens (including phenoxy) is 2. The number of hydrogen-bond acceptors (Lipinski definition) is 12. The zero-order valence-electron chi connectivity index (χ0n) is 46.0. The Hall–Kier alpha value is -3.92. The third kappa shape index (κ3) is 13.7. The van der Waals surface area contributed by atoms with Crippen molar-refractivity contribution in [2.24, 2.45) is 11.8 Å². The molecule has 0 bridgehead atoms. The van der Waals surface area contributed by atoms with E-state index < -0.39 is 11.6 Å². The number of aryl methyl sites for hydroxylation is 2. The Balaban J connectivity index is 1.20. The van der Waals surface area contributed by atoms with Gasteiger partial charge >= 0.3 is 0 Å². The van der Waals surface area contributed by atoms with Crippen molar-refractivity contribution in [3.05, 3.63) is 81.6 Å². The summed E-state index contributed by atoms with van der Waals surface area (Å²) in [6, 6.07) is 12.8. The van der Waals surface area contributed by atoms with Gasteiger partial charge in [-0.05, 0) is 105 Å². The molecule has 6 heterocycles. The molecule has 2 atom stereocenters. The molecule has 2 unspecified atom stereocenters. The lowest BCUT2D eigenvalue weighted by atomic mass is 9.91. The molecule has 76 heavy (non-hydrogen) atoms. The van der Waals surface area contributed by atoms with E-state index in [2.05, 4.69) is 97.5 Å². The number of allylic oxidation sites excluding steroid dienone is 1. The van der Waals surface area contributed by atoms with E-state index in [1.165, 1.54) is 122 Å². The van der Waals surface area contributed by atoms with Crippen LogP contribution < -0.4 is 9.47 Å². The lowest BCUT2D eigenvalue weighted by Crippen LogP contribution is -2.05. The Labute approximate surface area is 476 Å². The molecule has 8 rings (SSSR count). The maximum Gasteiger partial charge on any atom is 0.172 e. The summed E-state index contributed by atoms with van der Waals surface area (Å²) in [5.41, 5.74) is 6.92. The lowest BCUT2D eigenvalue weighted by Gasteiger charge is -2.20. The van der Waals surface area contributed by atoms with E-state index in [0.717, 1.165) is 122 Å². The Morgan fingerprint density at radius 3 is 1.54 bits per heavy atom. The Morgan fingerprint density at radius 1 is 0.513 bits per heavy atom. The average molecular weight is 1140 g/mol. The monoisotopic (exact) mass is 1140 g/mol. The van der Waals surface area contributed by atoms with Crippen LogP contribution in [0.3, 0.4) is 0 Å². The van der Waals surface area contributed by atoms with Gasteiger partial charge in [0.25, 0.3) is 0 Å². The van der Waals surface area contributed by atoms with Gasteiger partial charge in [0.15, 0.2) is 23.1 Å². The highest BCUT2D eigenvalue weighted by atomic mass is 32.1. The Morgan fingerprint density at radius 2 is 1.00 bits per heavy atom. The normalized spacial score (nSPS) is 12.6. The van der Waals surface area contributed by atoms with Crippen LogP contribution in [0.4, 0.5) is 8.78 Å². The first-order valence-corrected chi connectivity index (χ1v) is 33.1. The molecule has 0 saturated heterocycles. The number of hydrogen-bond donors (Lipinski definition) is 0. The van der Waals surface area contributed by atoms with Crippen LogP contribution in [0.5, 0.6) is 11.5 Å². The summed E-state index contributed by atoms with van der Waals surface area (Å²) in [4.78, 5) is 7.81. The van der Waals surface area contributed by atoms with Crippen molar-refractivity contribution in [2.75, 3.05) is 13.2 Å². The van der Waals surface area contributed by atoms with E-state index in [-0.39, 0.29) is 17.0 Å². The number of aromatic nitrogens is 4. The van der Waals surface area contributed by atoms with Gasteiger partial charge in [-0.1, -0.05) is 143 Å². The molecule has 0 aliphatic heterocycles. The minimum atomic E-state index is -0.875. The van der Waals surface area contributed by atoms with Crippen molar-refractivity contribution in [3.63, 3.8) is 0 Å². The van der Waals surface area contributed by atoms with Crippen molar-refractivity contribution in [1.29, 1.82) is 0 Å². The maximum atomic E-state index is 17.4. The molecule has 0 amide bonds. The number of thiophene rings is 4. The van der Waals surface area contributed by atoms with E-state index in [1.54, 1.807) is 22.7 Å². The van der Waals surface area contributed by atoms with Crippen LogP contribution in [-0.2, 0) is 12.8 Å². The first kappa shape index (κ1) is 58.2. The molecular formula is C62H78F2N4O2S6. The highest BCUT2D eigenvalue weighted by Gasteiger charge is 2.31. The van der Waals surface area contributed by atoms with Crippen LogP contribution in [0.15, 0.2) is 49.1 Å². The molecule has 0 spiro atoms. The highest BCUT2D eigenvalue weighted by molar-refractivity contribution is 7.25. The summed E-state index contributed by atoms with van der Waals surface area (Å²) >= 11 is 8.66. The second-order valence-corrected chi connectivity index (χ2v) is 26.4. The summed E-state index contributed by atoms with van der Waals surface area (Å²) in [5.74, 6) is 0.434. The van der Waals surface area contributed by atoms with E-state index in [0.29, 0.717) is 51.4 Å². The van der Waals surface area contributed by atoms with Crippen LogP contribution in [-0.4, -0.2) is 30.7 Å². The molecule has 0 aliphatic rings. The highest BCUT2D eigenvalue weighted by Crippen LogP contribution is 2.55. The molecule has 0 radical (unpaired) electrons. The van der Waals surface area contributed by atoms with Gasteiger partial charge in [0.1, 0.15) is 22.1 Å². The zero-order valence-corrected chi connectivity index (χ0v) is 50.9. The van der Waals surface area contributed by atoms with Crippen molar-refractivity contribution < 1.29 is 18.3 Å². The molecule has 0 saturated carbocycles. The number of nitrogens with zero attached hydrogens (tertiary/aromatic N) is 4. The van der Waals surface area contributed by atoms with Gasteiger partial charge in [-0.25, -0.2) is 8.78 Å². The standard InChI is InChI=1S/C62H78F2N4O2S6/c1-9-15-19-21-23-25-27-41(13-5)35-43-37-48(72-40(43)8)50-54(63)55(64)51(57-56(50)65-75-66-57)49-38-44(36-42(14-6)28-26-24-22-20-16-10-2)62(74-49)47-32-31-46(73-47)53-59-58(67-76-68-59)52(45-30-29-39(7)71-45)60(69-33-17-11-3)61(53)70-34-18-12-4/h14,29-32,37-38,41-42H,6,9-13,15-28,33-36H2,1-5,7-8H3. The second kappa shape index (κ2) is 28.8. The van der Waals surface area contributed by atoms with Crippen LogP contribution >= 0.6 is 68.8 Å². The topological polar surface area (TPSA) is 70.0 Å². The molecule has 0 fully saturated rings. The summed E-state index contributed by atoms with van der Waals surface area (Å²) in [6.45, 7) is 20.8. The number of benzene rings is 2. The predicted octanol–water partition coefficient (Wildman–Crippen LogP) is 21.9. The quantitative estimate of drug-likeness (QED) is 0.0302. The molecule has 0 N–H and O–H groups in total. The minimum absolute atomic E-state index is 0.180. The van der Waals surface area contributed by atoms with Crippen LogP contribution in [0.2, 0.25) is 0 Å². The molecular weight excluding hydrogens is 1060 g/mol. The molecule has 6 nitrogen and oxygen atoms in total. The molecule has 6 aromatic heterocycles. The summed E-state index contributed by atoms with van der Waals surface area (Å²) in [6.07, 6.45) is 25.8. The van der Waals surface area contributed by atoms with Gasteiger partial charge in [0.05, 0.1) is 58.9 Å². The Kier molecular flexibility index (Phi) is 22.1. The van der Waals surface area contributed by atoms with Gasteiger partial charge in [-0.2, -0.15) is 17.5 Å². The minimum Gasteiger partial charge on any atom is -0.489 e.